The van der Waals surface area contributed by atoms with Crippen molar-refractivity contribution in [1.82, 2.24) is 10.2 Å². The van der Waals surface area contributed by atoms with Crippen LogP contribution in [0.15, 0.2) is 0 Å². The predicted octanol–water partition coefficient (Wildman–Crippen LogP) is 2.27. The summed E-state index contributed by atoms with van der Waals surface area (Å²) in [5.74, 6) is 0.330. The van der Waals surface area contributed by atoms with Crippen LogP contribution in [0.25, 0.3) is 0 Å². The van der Waals surface area contributed by atoms with Gasteiger partial charge in [0, 0.05) is 12.5 Å². The normalized spacial score (nSPS) is 31.2. The van der Waals surface area contributed by atoms with Gasteiger partial charge in [0.1, 0.15) is 11.7 Å². The molecule has 0 unspecified atom stereocenters. The van der Waals surface area contributed by atoms with E-state index in [4.69, 9.17) is 9.47 Å². The molecule has 4 aliphatic rings. The Labute approximate surface area is 125 Å². The Bertz CT molecular complexity index is 441. The average molecular weight is 296 g/mol. The lowest BCUT2D eigenvalue weighted by molar-refractivity contribution is 0.0197. The number of hydrogen-bond donors (Lipinski definition) is 1. The molecule has 4 rings (SSSR count). The summed E-state index contributed by atoms with van der Waals surface area (Å²) in [7, 11) is 0. The number of ether oxygens (including phenoxy) is 2. The van der Waals surface area contributed by atoms with Gasteiger partial charge >= 0.3 is 12.2 Å². The summed E-state index contributed by atoms with van der Waals surface area (Å²) in [5.41, 5.74) is -0.490. The number of amides is 2. The second-order valence-electron chi connectivity index (χ2n) is 7.32. The summed E-state index contributed by atoms with van der Waals surface area (Å²) < 4.78 is 10.7. The molecule has 6 heteroatoms. The van der Waals surface area contributed by atoms with Crippen molar-refractivity contribution in [3.05, 3.63) is 0 Å². The second kappa shape index (κ2) is 5.07. The molecule has 21 heavy (non-hydrogen) atoms. The first-order valence-electron chi connectivity index (χ1n) is 7.80. The van der Waals surface area contributed by atoms with E-state index in [9.17, 15) is 9.59 Å². The molecule has 3 atom stereocenters. The van der Waals surface area contributed by atoms with Crippen molar-refractivity contribution in [2.24, 2.45) is 5.92 Å². The maximum atomic E-state index is 12.1. The van der Waals surface area contributed by atoms with Gasteiger partial charge in [0.25, 0.3) is 0 Å². The van der Waals surface area contributed by atoms with E-state index in [-0.39, 0.29) is 30.4 Å². The van der Waals surface area contributed by atoms with E-state index in [2.05, 4.69) is 5.32 Å². The van der Waals surface area contributed by atoms with Crippen molar-refractivity contribution in [2.75, 3.05) is 6.54 Å². The van der Waals surface area contributed by atoms with E-state index in [1.807, 2.05) is 20.8 Å². The molecule has 0 aromatic heterocycles. The number of nitrogens with zero attached hydrogens (tertiary/aromatic N) is 1. The van der Waals surface area contributed by atoms with Gasteiger partial charge in [-0.05, 0) is 46.5 Å². The van der Waals surface area contributed by atoms with E-state index in [0.717, 1.165) is 25.7 Å². The molecule has 4 fully saturated rings. The fourth-order valence-corrected chi connectivity index (χ4v) is 3.17. The number of hydrogen-bond acceptors (Lipinski definition) is 4. The first-order valence-corrected chi connectivity index (χ1v) is 7.80. The third kappa shape index (κ3) is 2.94. The lowest BCUT2D eigenvalue weighted by atomic mass is 9.80. The van der Waals surface area contributed by atoms with E-state index in [1.165, 1.54) is 0 Å². The van der Waals surface area contributed by atoms with Gasteiger partial charge in [-0.2, -0.15) is 0 Å². The largest absolute Gasteiger partial charge is 0.446 e. The fourth-order valence-electron chi connectivity index (χ4n) is 3.17. The van der Waals surface area contributed by atoms with Gasteiger partial charge in [-0.3, -0.25) is 0 Å². The molecule has 0 radical (unpaired) electrons. The minimum atomic E-state index is -0.490. The Hall–Kier alpha value is -1.46. The summed E-state index contributed by atoms with van der Waals surface area (Å²) >= 11 is 0. The highest BCUT2D eigenvalue weighted by Gasteiger charge is 2.55. The molecule has 2 heterocycles. The van der Waals surface area contributed by atoms with Crippen LogP contribution in [0.4, 0.5) is 9.59 Å². The Kier molecular flexibility index (Phi) is 3.50. The maximum absolute atomic E-state index is 12.1. The van der Waals surface area contributed by atoms with Crippen LogP contribution < -0.4 is 5.32 Å². The Balaban J connectivity index is 1.49. The molecule has 2 aliphatic carbocycles. The van der Waals surface area contributed by atoms with Crippen LogP contribution in [-0.2, 0) is 9.47 Å². The lowest BCUT2D eigenvalue weighted by Crippen LogP contribution is -2.56. The molecule has 2 saturated carbocycles. The Morgan fingerprint density at radius 2 is 1.95 bits per heavy atom. The molecular weight excluding hydrogens is 272 g/mol. The highest BCUT2D eigenvalue weighted by atomic mass is 16.6. The van der Waals surface area contributed by atoms with Crippen LogP contribution in [0.5, 0.6) is 0 Å². The number of carbonyl (C=O) groups excluding carboxylic acids is 2. The Morgan fingerprint density at radius 3 is 2.52 bits per heavy atom. The first kappa shape index (κ1) is 14.5. The smallest absolute Gasteiger partial charge is 0.410 e. The average Bonchev–Trinajstić information content (AvgIpc) is 2.87. The minimum absolute atomic E-state index is 0.0186. The first-order chi connectivity index (χ1) is 9.83. The van der Waals surface area contributed by atoms with Gasteiger partial charge in [-0.1, -0.05) is 0 Å². The summed E-state index contributed by atoms with van der Waals surface area (Å²) in [6.45, 7) is 6.24. The van der Waals surface area contributed by atoms with Crippen LogP contribution in [0, 0.1) is 5.92 Å². The third-order valence-electron chi connectivity index (χ3n) is 4.54. The van der Waals surface area contributed by atoms with Crippen molar-refractivity contribution in [3.8, 4) is 0 Å². The highest BCUT2D eigenvalue weighted by Crippen LogP contribution is 2.41. The minimum Gasteiger partial charge on any atom is -0.446 e. The molecule has 2 aliphatic heterocycles. The van der Waals surface area contributed by atoms with E-state index in [0.29, 0.717) is 12.5 Å². The molecule has 0 aromatic carbocycles. The van der Waals surface area contributed by atoms with Crippen molar-refractivity contribution < 1.29 is 19.1 Å². The Morgan fingerprint density at radius 1 is 1.24 bits per heavy atom. The van der Waals surface area contributed by atoms with Gasteiger partial charge in [-0.25, -0.2) is 9.59 Å². The van der Waals surface area contributed by atoms with Crippen molar-refractivity contribution in [2.45, 2.75) is 70.2 Å². The fraction of sp³-hybridized carbons (Fsp3) is 0.867. The molecule has 6 nitrogen and oxygen atoms in total. The third-order valence-corrected chi connectivity index (χ3v) is 4.54. The summed E-state index contributed by atoms with van der Waals surface area (Å²) in [6, 6.07) is 0.0730. The monoisotopic (exact) mass is 296 g/mol. The molecular formula is C15H24N2O4. The molecule has 118 valence electrons. The van der Waals surface area contributed by atoms with Crippen molar-refractivity contribution >= 4 is 12.2 Å². The number of fused-ring (bicyclic) bond motifs is 1. The number of rotatable bonds is 2. The van der Waals surface area contributed by atoms with E-state index in [1.54, 1.807) is 4.90 Å². The van der Waals surface area contributed by atoms with E-state index < -0.39 is 5.60 Å². The number of alkyl carbamates (subject to hydrolysis) is 1. The zero-order valence-electron chi connectivity index (χ0n) is 12.9. The molecule has 0 aromatic rings. The lowest BCUT2D eigenvalue weighted by Gasteiger charge is -2.37. The van der Waals surface area contributed by atoms with E-state index >= 15 is 0 Å². The van der Waals surface area contributed by atoms with Crippen LogP contribution in [0.2, 0.25) is 0 Å². The summed E-state index contributed by atoms with van der Waals surface area (Å²) in [5, 5.41) is 2.91. The predicted molar refractivity (Wildman–Crippen MR) is 75.9 cm³/mol. The molecule has 2 amide bonds. The van der Waals surface area contributed by atoms with Crippen LogP contribution >= 0.6 is 0 Å². The van der Waals surface area contributed by atoms with Gasteiger partial charge in [0.15, 0.2) is 0 Å². The number of carbonyl (C=O) groups is 2. The van der Waals surface area contributed by atoms with Crippen LogP contribution in [0.3, 0.4) is 0 Å². The summed E-state index contributed by atoms with van der Waals surface area (Å²) in [6.07, 6.45) is 3.47. The zero-order chi connectivity index (χ0) is 15.2. The van der Waals surface area contributed by atoms with Gasteiger partial charge < -0.3 is 19.7 Å². The van der Waals surface area contributed by atoms with Crippen molar-refractivity contribution in [3.63, 3.8) is 0 Å². The number of nitrogens with one attached hydrogen (secondary N) is 1. The SMILES string of the molecule is CC(C)(C)OC(=O)N1C[C@H]2C[C@H]1[C@@H]2NC(=O)OC1CCC1. The zero-order valence-corrected chi connectivity index (χ0v) is 12.9. The maximum Gasteiger partial charge on any atom is 0.410 e. The molecule has 2 saturated heterocycles. The van der Waals surface area contributed by atoms with Gasteiger partial charge in [0.2, 0.25) is 0 Å². The topological polar surface area (TPSA) is 67.9 Å². The molecule has 0 spiro atoms. The van der Waals surface area contributed by atoms with Crippen LogP contribution in [0.1, 0.15) is 46.5 Å². The standard InChI is InChI=1S/C15H24N2O4/c1-15(2,3)21-14(19)17-8-9-7-11(17)12(9)16-13(18)20-10-5-4-6-10/h9-12H,4-8H2,1-3H3,(H,16,18)/t9-,11+,12-/m1/s1. The molecule has 1 N–H and O–H groups in total. The quantitative estimate of drug-likeness (QED) is 0.849. The van der Waals surface area contributed by atoms with Gasteiger partial charge in [-0.15, -0.1) is 0 Å². The molecule has 2 bridgehead atoms. The second-order valence-corrected chi connectivity index (χ2v) is 7.32. The summed E-state index contributed by atoms with van der Waals surface area (Å²) in [4.78, 5) is 25.7. The highest BCUT2D eigenvalue weighted by molar-refractivity contribution is 5.72. The van der Waals surface area contributed by atoms with Crippen molar-refractivity contribution in [1.29, 1.82) is 0 Å². The van der Waals surface area contributed by atoms with Gasteiger partial charge in [0.05, 0.1) is 12.1 Å². The van der Waals surface area contributed by atoms with Crippen LogP contribution in [-0.4, -0.2) is 47.4 Å².